The third-order valence-corrected chi connectivity index (χ3v) is 2.55. The Balaban J connectivity index is 3.52. The number of benzene rings is 1. The fraction of sp³-hybridized carbons (Fsp3) is 0.333. The van der Waals surface area contributed by atoms with Crippen molar-refractivity contribution >= 4 is 5.91 Å². The highest BCUT2D eigenvalue weighted by Crippen LogP contribution is 2.33. The molecule has 0 atom stereocenters. The molecule has 3 nitrogen and oxygen atoms in total. The van der Waals surface area contributed by atoms with Crippen LogP contribution in [0.5, 0.6) is 0 Å². The molecule has 1 aromatic rings. The van der Waals surface area contributed by atoms with Gasteiger partial charge in [0.1, 0.15) is 0 Å². The first kappa shape index (κ1) is 14.0. The highest BCUT2D eigenvalue weighted by molar-refractivity contribution is 5.93. The van der Waals surface area contributed by atoms with Crippen LogP contribution in [0.15, 0.2) is 18.2 Å². The Bertz CT molecular complexity index is 527. The van der Waals surface area contributed by atoms with Crippen molar-refractivity contribution in [3.63, 3.8) is 0 Å². The van der Waals surface area contributed by atoms with E-state index in [4.69, 9.17) is 11.0 Å². The Labute approximate surface area is 102 Å². The zero-order valence-corrected chi connectivity index (χ0v) is 9.80. The Hall–Kier alpha value is -2.03. The number of amides is 1. The summed E-state index contributed by atoms with van der Waals surface area (Å²) in [5.41, 5.74) is 2.71. The van der Waals surface area contributed by atoms with E-state index in [2.05, 4.69) is 0 Å². The van der Waals surface area contributed by atoms with Crippen LogP contribution < -0.4 is 5.73 Å². The maximum atomic E-state index is 12.7. The average molecular weight is 256 g/mol. The predicted molar refractivity (Wildman–Crippen MR) is 58.6 cm³/mol. The normalized spacial score (nSPS) is 12.0. The summed E-state index contributed by atoms with van der Waals surface area (Å²) in [4.78, 5) is 11.0. The van der Waals surface area contributed by atoms with Crippen molar-refractivity contribution in [1.29, 1.82) is 5.26 Å². The monoisotopic (exact) mass is 256 g/mol. The number of rotatable bonds is 2. The van der Waals surface area contributed by atoms with Gasteiger partial charge in [-0.05, 0) is 37.6 Å². The second-order valence-electron chi connectivity index (χ2n) is 4.40. The number of nitrogens with zero attached hydrogens (tertiary/aromatic N) is 1. The molecule has 0 unspecified atom stereocenters. The summed E-state index contributed by atoms with van der Waals surface area (Å²) in [6.45, 7) is 2.93. The lowest BCUT2D eigenvalue weighted by Crippen LogP contribution is -2.19. The van der Waals surface area contributed by atoms with Crippen LogP contribution >= 0.6 is 0 Å². The summed E-state index contributed by atoms with van der Waals surface area (Å²) in [6, 6.07) is 4.63. The summed E-state index contributed by atoms with van der Waals surface area (Å²) in [5, 5.41) is 8.92. The van der Waals surface area contributed by atoms with Crippen LogP contribution in [0.4, 0.5) is 13.2 Å². The molecular weight excluding hydrogens is 245 g/mol. The molecule has 6 heteroatoms. The second kappa shape index (κ2) is 4.33. The fourth-order valence-electron chi connectivity index (χ4n) is 1.36. The van der Waals surface area contributed by atoms with Gasteiger partial charge in [-0.3, -0.25) is 4.79 Å². The van der Waals surface area contributed by atoms with Gasteiger partial charge >= 0.3 is 6.18 Å². The minimum atomic E-state index is -4.59. The van der Waals surface area contributed by atoms with Crippen LogP contribution in [0.25, 0.3) is 0 Å². The third kappa shape index (κ3) is 2.80. The van der Waals surface area contributed by atoms with Crippen molar-refractivity contribution in [2.45, 2.75) is 25.4 Å². The van der Waals surface area contributed by atoms with Crippen LogP contribution in [0.1, 0.15) is 35.3 Å². The molecule has 2 N–H and O–H groups in total. The Kier molecular flexibility index (Phi) is 3.38. The van der Waals surface area contributed by atoms with Crippen LogP contribution in [0, 0.1) is 11.3 Å². The SMILES string of the molecule is CC(C)(C#N)c1cc(C(N)=O)cc(C(F)(F)F)c1. The molecule has 0 aliphatic heterocycles. The number of halogens is 3. The second-order valence-corrected chi connectivity index (χ2v) is 4.40. The topological polar surface area (TPSA) is 66.9 Å². The van der Waals surface area contributed by atoms with Gasteiger partial charge in [0.25, 0.3) is 0 Å². The molecule has 1 rings (SSSR count). The smallest absolute Gasteiger partial charge is 0.366 e. The summed E-state index contributed by atoms with van der Waals surface area (Å²) in [6.07, 6.45) is -4.59. The number of primary amides is 1. The number of hydrogen-bond donors (Lipinski definition) is 1. The zero-order valence-electron chi connectivity index (χ0n) is 9.80. The van der Waals surface area contributed by atoms with Crippen LogP contribution in [-0.2, 0) is 11.6 Å². The summed E-state index contributed by atoms with van der Waals surface area (Å²) >= 11 is 0. The van der Waals surface area contributed by atoms with Crippen LogP contribution in [0.2, 0.25) is 0 Å². The molecule has 18 heavy (non-hydrogen) atoms. The molecule has 0 heterocycles. The van der Waals surface area contributed by atoms with E-state index < -0.39 is 23.1 Å². The summed E-state index contributed by atoms with van der Waals surface area (Å²) in [7, 11) is 0. The van der Waals surface area contributed by atoms with Gasteiger partial charge in [-0.1, -0.05) is 0 Å². The van der Waals surface area contributed by atoms with Crippen molar-refractivity contribution in [1.82, 2.24) is 0 Å². The standard InChI is InChI=1S/C12H11F3N2O/c1-11(2,6-16)8-3-7(10(17)18)4-9(5-8)12(13,14)15/h3-5H,1-2H3,(H2,17,18). The lowest BCUT2D eigenvalue weighted by Gasteiger charge is -2.18. The highest BCUT2D eigenvalue weighted by Gasteiger charge is 2.33. The highest BCUT2D eigenvalue weighted by atomic mass is 19.4. The van der Waals surface area contributed by atoms with E-state index >= 15 is 0 Å². The van der Waals surface area contributed by atoms with Gasteiger partial charge in [0, 0.05) is 5.56 Å². The van der Waals surface area contributed by atoms with Crippen LogP contribution in [-0.4, -0.2) is 5.91 Å². The van der Waals surface area contributed by atoms with E-state index in [9.17, 15) is 18.0 Å². The van der Waals surface area contributed by atoms with E-state index in [1.54, 1.807) is 0 Å². The van der Waals surface area contributed by atoms with Gasteiger partial charge in [0.2, 0.25) is 5.91 Å². The van der Waals surface area contributed by atoms with Crippen molar-refractivity contribution in [3.8, 4) is 6.07 Å². The van der Waals surface area contributed by atoms with Crippen molar-refractivity contribution in [2.24, 2.45) is 5.73 Å². The van der Waals surface area contributed by atoms with Crippen LogP contribution in [0.3, 0.4) is 0 Å². The van der Waals surface area contributed by atoms with E-state index in [-0.39, 0.29) is 11.1 Å². The third-order valence-electron chi connectivity index (χ3n) is 2.55. The molecular formula is C12H11F3N2O. The van der Waals surface area contributed by atoms with Crippen molar-refractivity contribution in [2.75, 3.05) is 0 Å². The van der Waals surface area contributed by atoms with E-state index in [1.807, 2.05) is 6.07 Å². The van der Waals surface area contributed by atoms with Gasteiger partial charge in [0.05, 0.1) is 17.0 Å². The molecule has 0 radical (unpaired) electrons. The first-order chi connectivity index (χ1) is 8.08. The molecule has 1 aromatic carbocycles. The number of carbonyl (C=O) groups is 1. The summed E-state index contributed by atoms with van der Waals surface area (Å²) in [5.74, 6) is -0.962. The lowest BCUT2D eigenvalue weighted by molar-refractivity contribution is -0.137. The Morgan fingerprint density at radius 2 is 1.72 bits per heavy atom. The van der Waals surface area contributed by atoms with E-state index in [1.165, 1.54) is 19.9 Å². The molecule has 0 aliphatic carbocycles. The minimum absolute atomic E-state index is 0.105. The van der Waals surface area contributed by atoms with Gasteiger partial charge < -0.3 is 5.73 Å². The Morgan fingerprint density at radius 1 is 1.22 bits per heavy atom. The molecule has 96 valence electrons. The first-order valence-corrected chi connectivity index (χ1v) is 5.02. The number of nitriles is 1. The number of carbonyl (C=O) groups excluding carboxylic acids is 1. The predicted octanol–water partition coefficient (Wildman–Crippen LogP) is 2.61. The largest absolute Gasteiger partial charge is 0.416 e. The van der Waals surface area contributed by atoms with Gasteiger partial charge in [-0.2, -0.15) is 18.4 Å². The molecule has 0 saturated carbocycles. The molecule has 0 aromatic heterocycles. The molecule has 0 saturated heterocycles. The summed E-state index contributed by atoms with van der Waals surface area (Å²) < 4.78 is 38.0. The average Bonchev–Trinajstić information content (AvgIpc) is 2.27. The number of hydrogen-bond acceptors (Lipinski definition) is 2. The molecule has 0 spiro atoms. The molecule has 1 amide bonds. The molecule has 0 fully saturated rings. The van der Waals surface area contributed by atoms with Gasteiger partial charge in [0.15, 0.2) is 0 Å². The number of nitrogens with two attached hydrogens (primary N) is 1. The van der Waals surface area contributed by atoms with Gasteiger partial charge in [-0.25, -0.2) is 0 Å². The van der Waals surface area contributed by atoms with Gasteiger partial charge in [-0.15, -0.1) is 0 Å². The minimum Gasteiger partial charge on any atom is -0.366 e. The molecule has 0 aliphatic rings. The fourth-order valence-corrected chi connectivity index (χ4v) is 1.36. The maximum Gasteiger partial charge on any atom is 0.416 e. The first-order valence-electron chi connectivity index (χ1n) is 5.02. The number of alkyl halides is 3. The molecule has 0 bridgehead atoms. The zero-order chi connectivity index (χ0) is 14.1. The van der Waals surface area contributed by atoms with Crippen molar-refractivity contribution in [3.05, 3.63) is 34.9 Å². The van der Waals surface area contributed by atoms with E-state index in [0.29, 0.717) is 6.07 Å². The lowest BCUT2D eigenvalue weighted by atomic mass is 9.84. The van der Waals surface area contributed by atoms with E-state index in [0.717, 1.165) is 6.07 Å². The van der Waals surface area contributed by atoms with Crippen molar-refractivity contribution < 1.29 is 18.0 Å². The quantitative estimate of drug-likeness (QED) is 0.883. The maximum absolute atomic E-state index is 12.7. The Morgan fingerprint density at radius 3 is 2.11 bits per heavy atom.